The molecule has 1 atom stereocenters. The van der Waals surface area contributed by atoms with Crippen LogP contribution in [0.15, 0.2) is 34.1 Å². The van der Waals surface area contributed by atoms with Gasteiger partial charge < -0.3 is 5.73 Å². The highest BCUT2D eigenvalue weighted by molar-refractivity contribution is 7.90. The lowest BCUT2D eigenvalue weighted by atomic mass is 9.90. The molecular formula is C12H19N3O4S2. The molecule has 0 spiro atoms. The van der Waals surface area contributed by atoms with Crippen LogP contribution in [0.2, 0.25) is 0 Å². The third kappa shape index (κ3) is 3.27. The number of benzene rings is 1. The maximum Gasteiger partial charge on any atom is 0.243 e. The monoisotopic (exact) mass is 333 g/mol. The molecule has 1 saturated heterocycles. The average Bonchev–Trinajstić information content (AvgIpc) is 2.82. The van der Waals surface area contributed by atoms with Gasteiger partial charge in [0.25, 0.3) is 0 Å². The van der Waals surface area contributed by atoms with Gasteiger partial charge in [-0.25, -0.2) is 22.0 Å². The summed E-state index contributed by atoms with van der Waals surface area (Å²) < 4.78 is 49.1. The molecule has 1 aliphatic rings. The third-order valence-electron chi connectivity index (χ3n) is 3.79. The van der Waals surface area contributed by atoms with Gasteiger partial charge in [0.05, 0.1) is 9.79 Å². The van der Waals surface area contributed by atoms with E-state index in [0.717, 1.165) is 6.07 Å². The standard InChI is InChI=1S/C12H19N3O4S2/c1-12(8-13)5-6-15(9-12)21(18,19)11-4-2-3-10(7-11)20(14,16)17/h2-4,7H,5-6,8-9,13H2,1H3,(H2,14,16,17). The van der Waals surface area contributed by atoms with Crippen LogP contribution in [0.1, 0.15) is 13.3 Å². The molecule has 118 valence electrons. The zero-order valence-electron chi connectivity index (χ0n) is 11.7. The van der Waals surface area contributed by atoms with Gasteiger partial charge in [0, 0.05) is 13.1 Å². The third-order valence-corrected chi connectivity index (χ3v) is 6.54. The minimum Gasteiger partial charge on any atom is -0.330 e. The van der Waals surface area contributed by atoms with Crippen molar-refractivity contribution in [1.82, 2.24) is 4.31 Å². The van der Waals surface area contributed by atoms with Crippen molar-refractivity contribution in [3.8, 4) is 0 Å². The zero-order chi connectivity index (χ0) is 15.9. The minimum absolute atomic E-state index is 0.0738. The van der Waals surface area contributed by atoms with Gasteiger partial charge in [-0.15, -0.1) is 0 Å². The van der Waals surface area contributed by atoms with E-state index < -0.39 is 20.0 Å². The quantitative estimate of drug-likeness (QED) is 0.782. The molecule has 7 nitrogen and oxygen atoms in total. The normalized spacial score (nSPS) is 24.3. The number of sulfonamides is 2. The van der Waals surface area contributed by atoms with Crippen LogP contribution < -0.4 is 10.9 Å². The molecular weight excluding hydrogens is 314 g/mol. The van der Waals surface area contributed by atoms with Crippen LogP contribution in [0.25, 0.3) is 0 Å². The Bertz CT molecular complexity index is 746. The second kappa shape index (κ2) is 5.33. The highest BCUT2D eigenvalue weighted by Crippen LogP contribution is 2.32. The summed E-state index contributed by atoms with van der Waals surface area (Å²) in [6.45, 7) is 3.03. The molecule has 1 aromatic carbocycles. The van der Waals surface area contributed by atoms with Crippen molar-refractivity contribution in [2.24, 2.45) is 16.3 Å². The Morgan fingerprint density at radius 1 is 1.24 bits per heavy atom. The Kier molecular flexibility index (Phi) is 4.15. The van der Waals surface area contributed by atoms with E-state index in [1.165, 1.54) is 22.5 Å². The van der Waals surface area contributed by atoms with Crippen LogP contribution in [0.4, 0.5) is 0 Å². The molecule has 1 aliphatic heterocycles. The van der Waals surface area contributed by atoms with E-state index in [0.29, 0.717) is 26.1 Å². The first-order valence-corrected chi connectivity index (χ1v) is 9.40. The second-order valence-electron chi connectivity index (χ2n) is 5.62. The SMILES string of the molecule is CC1(CN)CCN(S(=O)(=O)c2cccc(S(N)(=O)=O)c2)C1. The first-order valence-electron chi connectivity index (χ1n) is 6.42. The van der Waals surface area contributed by atoms with E-state index in [9.17, 15) is 16.8 Å². The lowest BCUT2D eigenvalue weighted by molar-refractivity contribution is 0.349. The van der Waals surface area contributed by atoms with Crippen LogP contribution >= 0.6 is 0 Å². The number of primary sulfonamides is 1. The van der Waals surface area contributed by atoms with Gasteiger partial charge in [0.1, 0.15) is 0 Å². The van der Waals surface area contributed by atoms with E-state index in [1.807, 2.05) is 6.92 Å². The van der Waals surface area contributed by atoms with E-state index in [1.54, 1.807) is 0 Å². The molecule has 1 aromatic rings. The molecule has 0 saturated carbocycles. The fraction of sp³-hybridized carbons (Fsp3) is 0.500. The molecule has 0 amide bonds. The smallest absolute Gasteiger partial charge is 0.243 e. The van der Waals surface area contributed by atoms with Crippen molar-refractivity contribution in [3.63, 3.8) is 0 Å². The van der Waals surface area contributed by atoms with Gasteiger partial charge >= 0.3 is 0 Å². The molecule has 1 fully saturated rings. The number of nitrogens with zero attached hydrogens (tertiary/aromatic N) is 1. The second-order valence-corrected chi connectivity index (χ2v) is 9.12. The summed E-state index contributed by atoms with van der Waals surface area (Å²) in [6.07, 6.45) is 0.678. The number of hydrogen-bond donors (Lipinski definition) is 2. The predicted molar refractivity (Wildman–Crippen MR) is 78.4 cm³/mol. The molecule has 2 rings (SSSR count). The fourth-order valence-corrected chi connectivity index (χ4v) is 4.58. The van der Waals surface area contributed by atoms with Crippen LogP contribution in [0.5, 0.6) is 0 Å². The van der Waals surface area contributed by atoms with E-state index >= 15 is 0 Å². The van der Waals surface area contributed by atoms with Crippen molar-refractivity contribution < 1.29 is 16.8 Å². The first-order chi connectivity index (χ1) is 9.58. The maximum atomic E-state index is 12.6. The van der Waals surface area contributed by atoms with Crippen LogP contribution in [-0.4, -0.2) is 40.8 Å². The lowest BCUT2D eigenvalue weighted by Crippen LogP contribution is -2.34. The summed E-state index contributed by atoms with van der Waals surface area (Å²) >= 11 is 0. The van der Waals surface area contributed by atoms with Crippen molar-refractivity contribution in [2.45, 2.75) is 23.1 Å². The van der Waals surface area contributed by atoms with Crippen molar-refractivity contribution >= 4 is 20.0 Å². The van der Waals surface area contributed by atoms with Gasteiger partial charge in [-0.2, -0.15) is 4.31 Å². The van der Waals surface area contributed by atoms with Gasteiger partial charge in [0.15, 0.2) is 0 Å². The first kappa shape index (κ1) is 16.4. The van der Waals surface area contributed by atoms with E-state index in [-0.39, 0.29) is 15.2 Å². The molecule has 0 radical (unpaired) electrons. The van der Waals surface area contributed by atoms with Gasteiger partial charge in [0.2, 0.25) is 20.0 Å². The van der Waals surface area contributed by atoms with Gasteiger partial charge in [-0.3, -0.25) is 0 Å². The lowest BCUT2D eigenvalue weighted by Gasteiger charge is -2.22. The Labute approximate surface area is 125 Å². The summed E-state index contributed by atoms with van der Waals surface area (Å²) in [6, 6.07) is 5.08. The molecule has 0 aliphatic carbocycles. The van der Waals surface area contributed by atoms with Crippen LogP contribution in [-0.2, 0) is 20.0 Å². The molecule has 9 heteroatoms. The van der Waals surface area contributed by atoms with E-state index in [4.69, 9.17) is 10.9 Å². The number of rotatable bonds is 4. The summed E-state index contributed by atoms with van der Waals surface area (Å²) in [4.78, 5) is -0.292. The Morgan fingerprint density at radius 2 is 1.86 bits per heavy atom. The maximum absolute atomic E-state index is 12.6. The molecule has 0 aromatic heterocycles. The van der Waals surface area contributed by atoms with E-state index in [2.05, 4.69) is 0 Å². The Hall–Kier alpha value is -1.00. The average molecular weight is 333 g/mol. The molecule has 1 heterocycles. The van der Waals surface area contributed by atoms with Crippen molar-refractivity contribution in [1.29, 1.82) is 0 Å². The minimum atomic E-state index is -3.94. The largest absolute Gasteiger partial charge is 0.330 e. The topological polar surface area (TPSA) is 124 Å². The highest BCUT2D eigenvalue weighted by atomic mass is 32.2. The van der Waals surface area contributed by atoms with Gasteiger partial charge in [-0.1, -0.05) is 13.0 Å². The highest BCUT2D eigenvalue weighted by Gasteiger charge is 2.39. The number of hydrogen-bond acceptors (Lipinski definition) is 5. The molecule has 1 unspecified atom stereocenters. The Balaban J connectivity index is 2.38. The molecule has 4 N–H and O–H groups in total. The van der Waals surface area contributed by atoms with Crippen molar-refractivity contribution in [3.05, 3.63) is 24.3 Å². The summed E-state index contributed by atoms with van der Waals surface area (Å²) in [5.41, 5.74) is 5.43. The molecule has 21 heavy (non-hydrogen) atoms. The summed E-state index contributed by atoms with van der Waals surface area (Å²) in [7, 11) is -7.68. The summed E-state index contributed by atoms with van der Waals surface area (Å²) in [5.74, 6) is 0. The van der Waals surface area contributed by atoms with Crippen LogP contribution in [0.3, 0.4) is 0 Å². The number of nitrogens with two attached hydrogens (primary N) is 2. The summed E-state index contributed by atoms with van der Waals surface area (Å²) in [5, 5.41) is 5.03. The predicted octanol–water partition coefficient (Wildman–Crippen LogP) is -0.307. The molecule has 0 bridgehead atoms. The zero-order valence-corrected chi connectivity index (χ0v) is 13.3. The van der Waals surface area contributed by atoms with Gasteiger partial charge in [-0.05, 0) is 36.6 Å². The van der Waals surface area contributed by atoms with Crippen LogP contribution in [0, 0.1) is 5.41 Å². The Morgan fingerprint density at radius 3 is 2.38 bits per heavy atom. The fourth-order valence-electron chi connectivity index (χ4n) is 2.31. The van der Waals surface area contributed by atoms with Crippen molar-refractivity contribution in [2.75, 3.05) is 19.6 Å².